The first kappa shape index (κ1) is 27.8. The first-order chi connectivity index (χ1) is 21.3. The van der Waals surface area contributed by atoms with Gasteiger partial charge in [-0.1, -0.05) is 18.2 Å². The Hall–Kier alpha value is -5.06. The molecule has 4 aromatic rings. The Kier molecular flexibility index (Phi) is 6.68. The summed E-state index contributed by atoms with van der Waals surface area (Å²) in [7, 11) is -3.67. The van der Waals surface area contributed by atoms with E-state index in [9.17, 15) is 18.0 Å². The number of benzene rings is 2. The number of ketones is 1. The average Bonchev–Trinajstić information content (AvgIpc) is 3.64. The number of nitriles is 1. The van der Waals surface area contributed by atoms with E-state index in [0.717, 1.165) is 0 Å². The molecular weight excluding hydrogens is 580 g/mol. The third kappa shape index (κ3) is 4.78. The van der Waals surface area contributed by atoms with E-state index in [1.54, 1.807) is 84.5 Å². The van der Waals surface area contributed by atoms with Crippen molar-refractivity contribution < 1.29 is 18.0 Å². The zero-order valence-corrected chi connectivity index (χ0v) is 24.2. The number of allylic oxidation sites excluding steroid dienone is 1. The van der Waals surface area contributed by atoms with Gasteiger partial charge in [0.25, 0.3) is 5.91 Å². The fourth-order valence-corrected chi connectivity index (χ4v) is 8.03. The van der Waals surface area contributed by atoms with Crippen molar-refractivity contribution in [1.29, 1.82) is 5.26 Å². The van der Waals surface area contributed by atoms with E-state index in [2.05, 4.69) is 25.3 Å². The molecule has 2 aromatic heterocycles. The maximum absolute atomic E-state index is 14.6. The maximum atomic E-state index is 14.6. The van der Waals surface area contributed by atoms with Gasteiger partial charge >= 0.3 is 0 Å². The molecule has 4 heterocycles. The highest BCUT2D eigenvalue weighted by atomic mass is 32.2. The van der Waals surface area contributed by atoms with Gasteiger partial charge in [0.1, 0.15) is 11.4 Å². The van der Waals surface area contributed by atoms with Gasteiger partial charge in [0.05, 0.1) is 40.6 Å². The zero-order chi connectivity index (χ0) is 30.5. The molecule has 3 N–H and O–H groups in total. The minimum atomic E-state index is -3.67. The first-order valence-electron chi connectivity index (χ1n) is 14.2. The molecule has 2 aliphatic heterocycles. The Morgan fingerprint density at radius 1 is 0.977 bits per heavy atom. The van der Waals surface area contributed by atoms with E-state index in [1.165, 1.54) is 10.4 Å². The lowest BCUT2D eigenvalue weighted by molar-refractivity contribution is -0.132. The highest BCUT2D eigenvalue weighted by Gasteiger charge is 2.65. The minimum absolute atomic E-state index is 0.0841. The lowest BCUT2D eigenvalue weighted by Gasteiger charge is -2.27. The Balaban J connectivity index is 1.22. The highest BCUT2D eigenvalue weighted by Crippen LogP contribution is 2.53. The lowest BCUT2D eigenvalue weighted by atomic mass is 9.88. The van der Waals surface area contributed by atoms with Crippen LogP contribution in [0.3, 0.4) is 0 Å². The van der Waals surface area contributed by atoms with Crippen molar-refractivity contribution in [2.75, 3.05) is 13.1 Å². The summed E-state index contributed by atoms with van der Waals surface area (Å²) >= 11 is 0. The van der Waals surface area contributed by atoms with E-state index in [0.29, 0.717) is 28.3 Å². The summed E-state index contributed by atoms with van der Waals surface area (Å²) in [5.74, 6) is -0.366. The summed E-state index contributed by atoms with van der Waals surface area (Å²) in [6, 6.07) is 16.4. The topological polar surface area (TPSA) is 168 Å². The van der Waals surface area contributed by atoms with Crippen LogP contribution < -0.4 is 5.32 Å². The van der Waals surface area contributed by atoms with Crippen LogP contribution in [0, 0.1) is 23.2 Å². The number of carbonyl (C=O) groups excluding carboxylic acids is 2. The summed E-state index contributed by atoms with van der Waals surface area (Å²) in [4.78, 5) is 44.5. The summed E-state index contributed by atoms with van der Waals surface area (Å²) in [5.41, 5.74) is 0.949. The van der Waals surface area contributed by atoms with Crippen molar-refractivity contribution in [3.8, 4) is 6.07 Å². The van der Waals surface area contributed by atoms with Crippen molar-refractivity contribution in [1.82, 2.24) is 34.5 Å². The second kappa shape index (κ2) is 10.6. The van der Waals surface area contributed by atoms with Crippen molar-refractivity contribution >= 4 is 21.7 Å². The number of amides is 1. The second-order valence-corrected chi connectivity index (χ2v) is 13.3. The number of sulfonamides is 1. The number of aromatic nitrogens is 4. The van der Waals surface area contributed by atoms with E-state index in [-0.39, 0.29) is 60.4 Å². The summed E-state index contributed by atoms with van der Waals surface area (Å²) < 4.78 is 28.1. The first-order valence-corrected chi connectivity index (χ1v) is 15.6. The molecule has 3 aliphatic rings. The molecule has 2 aromatic carbocycles. The smallest absolute Gasteiger partial charge is 0.254 e. The number of nitrogens with one attached hydrogen (secondary N) is 3. The number of nitrogens with zero attached hydrogens (tertiary/aromatic N) is 5. The fraction of sp³-hybridized carbons (Fsp3) is 0.258. The summed E-state index contributed by atoms with van der Waals surface area (Å²) in [6.07, 6.45) is 8.44. The Morgan fingerprint density at radius 3 is 2.14 bits per heavy atom. The van der Waals surface area contributed by atoms with Crippen LogP contribution in [0.2, 0.25) is 0 Å². The van der Waals surface area contributed by atoms with Crippen molar-refractivity contribution in [3.63, 3.8) is 0 Å². The quantitative estimate of drug-likeness (QED) is 0.192. The molecular formula is C31H28N8O4S. The molecule has 1 aliphatic carbocycles. The van der Waals surface area contributed by atoms with Gasteiger partial charge in [-0.05, 0) is 36.4 Å². The van der Waals surface area contributed by atoms with Crippen LogP contribution in [0.25, 0.3) is 0 Å². The predicted octanol–water partition coefficient (Wildman–Crippen LogP) is 2.00. The number of fused-ring (bicyclic) bond motifs is 1. The van der Waals surface area contributed by atoms with Crippen LogP contribution in [0.5, 0.6) is 0 Å². The van der Waals surface area contributed by atoms with Crippen molar-refractivity contribution in [2.24, 2.45) is 11.8 Å². The molecule has 7 rings (SSSR count). The molecule has 222 valence electrons. The molecule has 1 saturated carbocycles. The largest absolute Gasteiger partial charge is 0.356 e. The molecule has 1 amide bonds. The molecule has 3 fully saturated rings. The van der Waals surface area contributed by atoms with E-state index < -0.39 is 15.6 Å². The Morgan fingerprint density at radius 2 is 1.59 bits per heavy atom. The van der Waals surface area contributed by atoms with Crippen LogP contribution in [0.4, 0.5) is 0 Å². The molecule has 12 nitrogen and oxygen atoms in total. The van der Waals surface area contributed by atoms with Crippen LogP contribution in [0.15, 0.2) is 96.4 Å². The van der Waals surface area contributed by atoms with Gasteiger partial charge < -0.3 is 15.3 Å². The molecule has 2 saturated heterocycles. The number of hydrogen-bond donors (Lipinski definition) is 3. The molecule has 2 unspecified atom stereocenters. The van der Waals surface area contributed by atoms with Gasteiger partial charge in [0, 0.05) is 67.8 Å². The third-order valence-corrected chi connectivity index (χ3v) is 10.5. The number of carbonyl (C=O) groups is 2. The monoisotopic (exact) mass is 608 g/mol. The number of aromatic amines is 2. The fourth-order valence-electron chi connectivity index (χ4n) is 6.49. The lowest BCUT2D eigenvalue weighted by Crippen LogP contribution is -2.51. The zero-order valence-electron chi connectivity index (χ0n) is 23.4. The van der Waals surface area contributed by atoms with Crippen LogP contribution in [-0.2, 0) is 27.7 Å². The van der Waals surface area contributed by atoms with Crippen LogP contribution in [-0.4, -0.2) is 73.9 Å². The normalized spacial score (nSPS) is 23.3. The SMILES string of the molecule is N#Cc1ccc(C(=O)/C=C2\NC(Cc3c[nH]cn3)(Cc3c[nH]cn3)C(=O)N2C2C3CN(S(=O)(=O)c4ccccc4)CC32)cc1. The van der Waals surface area contributed by atoms with Crippen LogP contribution in [0.1, 0.15) is 27.3 Å². The molecule has 13 heteroatoms. The Bertz CT molecular complexity index is 1830. The van der Waals surface area contributed by atoms with Crippen LogP contribution >= 0.6 is 0 Å². The van der Waals surface area contributed by atoms with E-state index >= 15 is 0 Å². The van der Waals surface area contributed by atoms with Gasteiger partial charge in [-0.25, -0.2) is 18.4 Å². The van der Waals surface area contributed by atoms with E-state index in [1.807, 2.05) is 6.07 Å². The number of imidazole rings is 2. The van der Waals surface area contributed by atoms with Gasteiger partial charge in [0.15, 0.2) is 5.78 Å². The van der Waals surface area contributed by atoms with Crippen molar-refractivity contribution in [2.45, 2.75) is 29.3 Å². The molecule has 0 radical (unpaired) electrons. The average molecular weight is 609 g/mol. The van der Waals surface area contributed by atoms with E-state index in [4.69, 9.17) is 5.26 Å². The second-order valence-electron chi connectivity index (χ2n) is 11.4. The van der Waals surface area contributed by atoms with Crippen molar-refractivity contribution in [3.05, 3.63) is 114 Å². The number of hydrogen-bond acceptors (Lipinski definition) is 8. The molecule has 2 atom stereocenters. The predicted molar refractivity (Wildman–Crippen MR) is 157 cm³/mol. The van der Waals surface area contributed by atoms with Gasteiger partial charge in [-0.3, -0.25) is 14.5 Å². The van der Waals surface area contributed by atoms with Gasteiger partial charge in [-0.2, -0.15) is 9.57 Å². The highest BCUT2D eigenvalue weighted by molar-refractivity contribution is 7.89. The molecule has 0 spiro atoms. The number of H-pyrrole nitrogens is 2. The molecule has 0 bridgehead atoms. The summed E-state index contributed by atoms with van der Waals surface area (Å²) in [6.45, 7) is 0.553. The minimum Gasteiger partial charge on any atom is -0.356 e. The number of rotatable bonds is 9. The number of piperidine rings is 1. The summed E-state index contributed by atoms with van der Waals surface area (Å²) in [5, 5.41) is 12.6. The molecule has 44 heavy (non-hydrogen) atoms. The van der Waals surface area contributed by atoms with Gasteiger partial charge in [0.2, 0.25) is 10.0 Å². The standard InChI is InChI=1S/C31H28N8O4S/c32-13-20-6-8-21(9-7-20)27(40)10-28-37-31(11-22-14-33-18-35-22,12-23-15-34-19-36-23)30(41)39(28)29-25-16-38(17-26(25)29)44(42,43)24-4-2-1-3-5-24/h1-10,14-15,18-19,25-26,29,37H,11-12,16-17H2,(H,33,35)(H,34,36)/b28-10+. The third-order valence-electron chi connectivity index (χ3n) is 8.69. The van der Waals surface area contributed by atoms with Gasteiger partial charge in [-0.15, -0.1) is 0 Å². The Labute approximate surface area is 253 Å². The maximum Gasteiger partial charge on any atom is 0.254 e.